The number of benzene rings is 4. The molecule has 2 nitrogen and oxygen atoms in total. The summed E-state index contributed by atoms with van der Waals surface area (Å²) in [4.78, 5) is 0. The molecule has 0 aromatic heterocycles. The molecule has 0 unspecified atom stereocenters. The molecule has 0 atom stereocenters. The average Bonchev–Trinajstić information content (AvgIpc) is 3.69. The van der Waals surface area contributed by atoms with Gasteiger partial charge in [-0.3, -0.25) is 0 Å². The molecule has 0 N–H and O–H groups in total. The van der Waals surface area contributed by atoms with E-state index < -0.39 is 0 Å². The van der Waals surface area contributed by atoms with Crippen LogP contribution in [0.1, 0.15) is 330 Å². The van der Waals surface area contributed by atoms with Crippen molar-refractivity contribution in [2.24, 2.45) is 0 Å². The van der Waals surface area contributed by atoms with Crippen molar-refractivity contribution in [3.8, 4) is 58.9 Å². The van der Waals surface area contributed by atoms with E-state index in [0.29, 0.717) is 0 Å². The lowest BCUT2D eigenvalue weighted by Gasteiger charge is -2.26. The number of rotatable bonds is 0. The van der Waals surface area contributed by atoms with Crippen LogP contribution < -0.4 is 9.47 Å². The van der Waals surface area contributed by atoms with Crippen molar-refractivity contribution in [2.45, 2.75) is 302 Å². The van der Waals surface area contributed by atoms with Crippen LogP contribution in [-0.2, 0) is 5.41 Å². The molecule has 11 rings (SSSR count). The van der Waals surface area contributed by atoms with Crippen LogP contribution in [0, 0.1) is 47.4 Å². The van der Waals surface area contributed by atoms with Crippen LogP contribution in [0.2, 0.25) is 0 Å². The van der Waals surface area contributed by atoms with Gasteiger partial charge in [-0.15, -0.1) is 0 Å². The Bertz CT molecular complexity index is 2290. The highest BCUT2D eigenvalue weighted by molar-refractivity contribution is 5.48. The van der Waals surface area contributed by atoms with Crippen LogP contribution in [-0.4, -0.2) is 13.2 Å². The molecule has 7 heterocycles. The van der Waals surface area contributed by atoms with Gasteiger partial charge in [-0.05, 0) is 121 Å². The standard InChI is InChI=1S/C81H114O2/c1-81(2)77-63-67-79(68-64-77)82-71-49-43-39-35-31-27-23-19-15-11-7-3-5-9-13-17-21-25-29-33-37-41-45-51-73-55-59-75(60-56-73)53-47-48-54-76-61-57-74(58-62-76)52-46-42-38-34-30-26-22-18-14-10-6-4-8-12-16-20-24-28-32-36-40-44-50-72-83-80-69-65-78(81)66-70-80/h55-70H,3-44,49-50,71-72H2,1-2H3. The molecule has 4 aromatic rings. The van der Waals surface area contributed by atoms with Gasteiger partial charge in [0.05, 0.1) is 13.2 Å². The van der Waals surface area contributed by atoms with Crippen LogP contribution >= 0.6 is 0 Å². The van der Waals surface area contributed by atoms with Crippen molar-refractivity contribution in [3.05, 3.63) is 130 Å². The third-order valence-electron chi connectivity index (χ3n) is 17.3. The predicted octanol–water partition coefficient (Wildman–Crippen LogP) is 23.8. The second-order valence-electron chi connectivity index (χ2n) is 25.0. The fraction of sp³-hybridized carbons (Fsp3) is 0.605. The van der Waals surface area contributed by atoms with E-state index in [1.165, 1.54) is 268 Å². The minimum absolute atomic E-state index is 0.0883. The summed E-state index contributed by atoms with van der Waals surface area (Å²) in [5.41, 5.74) is 6.58. The number of ether oxygens (including phenoxy) is 2. The maximum atomic E-state index is 6.17. The molecule has 0 saturated heterocycles. The molecule has 2 heteroatoms. The summed E-state index contributed by atoms with van der Waals surface area (Å²) in [6.07, 6.45) is 59.5. The van der Waals surface area contributed by atoms with E-state index >= 15 is 0 Å². The van der Waals surface area contributed by atoms with Crippen LogP contribution in [0.4, 0.5) is 0 Å². The third kappa shape index (κ3) is 34.3. The maximum absolute atomic E-state index is 6.17. The second kappa shape index (κ2) is 47.0. The lowest BCUT2D eigenvalue weighted by Crippen LogP contribution is -2.18. The van der Waals surface area contributed by atoms with Gasteiger partial charge in [0.1, 0.15) is 11.5 Å². The number of hydrogen-bond acceptors (Lipinski definition) is 2. The van der Waals surface area contributed by atoms with Crippen molar-refractivity contribution in [2.75, 3.05) is 13.2 Å². The van der Waals surface area contributed by atoms with Crippen molar-refractivity contribution in [3.63, 3.8) is 0 Å². The Morgan fingerprint density at radius 1 is 0.241 bits per heavy atom. The van der Waals surface area contributed by atoms with E-state index in [1.54, 1.807) is 0 Å². The predicted molar refractivity (Wildman–Crippen MR) is 360 cm³/mol. The summed E-state index contributed by atoms with van der Waals surface area (Å²) < 4.78 is 12.3. The summed E-state index contributed by atoms with van der Waals surface area (Å²) in [5, 5.41) is 0. The summed E-state index contributed by atoms with van der Waals surface area (Å²) >= 11 is 0. The van der Waals surface area contributed by atoms with Gasteiger partial charge in [0, 0.05) is 40.5 Å². The van der Waals surface area contributed by atoms with E-state index in [9.17, 15) is 0 Å². The summed E-state index contributed by atoms with van der Waals surface area (Å²) in [7, 11) is 0. The average molecular weight is 1120 g/mol. The smallest absolute Gasteiger partial charge is 0.119 e. The van der Waals surface area contributed by atoms with E-state index in [-0.39, 0.29) is 5.41 Å². The van der Waals surface area contributed by atoms with Gasteiger partial charge in [0.2, 0.25) is 0 Å². The van der Waals surface area contributed by atoms with E-state index in [4.69, 9.17) is 9.47 Å². The van der Waals surface area contributed by atoms with E-state index in [0.717, 1.165) is 72.6 Å². The largest absolute Gasteiger partial charge is 0.494 e. The lowest BCUT2D eigenvalue weighted by molar-refractivity contribution is 0.304. The zero-order chi connectivity index (χ0) is 58.0. The van der Waals surface area contributed by atoms with E-state index in [2.05, 4.69) is 134 Å². The maximum Gasteiger partial charge on any atom is 0.119 e. The molecule has 7 aliphatic heterocycles. The summed E-state index contributed by atoms with van der Waals surface area (Å²) in [6.45, 7) is 6.25. The Morgan fingerprint density at radius 3 is 0.687 bits per heavy atom. The number of hydrogen-bond donors (Lipinski definition) is 0. The lowest BCUT2D eigenvalue weighted by atomic mass is 9.78. The van der Waals surface area contributed by atoms with Crippen LogP contribution in [0.15, 0.2) is 97.1 Å². The normalized spacial score (nSPS) is 19.0. The fourth-order valence-corrected chi connectivity index (χ4v) is 11.6. The van der Waals surface area contributed by atoms with Crippen LogP contribution in [0.5, 0.6) is 11.5 Å². The molecule has 0 amide bonds. The van der Waals surface area contributed by atoms with Gasteiger partial charge in [0.25, 0.3) is 0 Å². The topological polar surface area (TPSA) is 18.5 Å². The first kappa shape index (κ1) is 68.5. The Labute approximate surface area is 511 Å². The molecule has 83 heavy (non-hydrogen) atoms. The van der Waals surface area contributed by atoms with Crippen LogP contribution in [0.3, 0.4) is 0 Å². The second-order valence-corrected chi connectivity index (χ2v) is 25.0. The summed E-state index contributed by atoms with van der Waals surface area (Å²) in [6, 6.07) is 34.1. The molecule has 8 bridgehead atoms. The Morgan fingerprint density at radius 2 is 0.446 bits per heavy atom. The Balaban J connectivity index is 0.915. The molecule has 0 fully saturated rings. The molecule has 7 aliphatic rings. The third-order valence-corrected chi connectivity index (χ3v) is 17.3. The molecular weight excluding hydrogens is 1000 g/mol. The molecule has 450 valence electrons. The first-order valence-electron chi connectivity index (χ1n) is 34.7. The molecule has 0 saturated carbocycles. The molecule has 0 spiro atoms. The fourth-order valence-electron chi connectivity index (χ4n) is 11.6. The van der Waals surface area contributed by atoms with Crippen LogP contribution in [0.25, 0.3) is 0 Å². The first-order chi connectivity index (χ1) is 41.1. The highest BCUT2D eigenvalue weighted by atomic mass is 16.5. The van der Waals surface area contributed by atoms with Crippen molar-refractivity contribution in [1.82, 2.24) is 0 Å². The first-order valence-corrected chi connectivity index (χ1v) is 34.7. The molecule has 0 aliphatic carbocycles. The summed E-state index contributed by atoms with van der Waals surface area (Å²) in [5.74, 6) is 27.8. The van der Waals surface area contributed by atoms with Gasteiger partial charge < -0.3 is 9.47 Å². The molecular formula is C81H114O2. The monoisotopic (exact) mass is 1120 g/mol. The Hall–Kier alpha value is -5.28. The van der Waals surface area contributed by atoms with E-state index in [1.807, 2.05) is 24.3 Å². The minimum Gasteiger partial charge on any atom is -0.494 e. The zero-order valence-corrected chi connectivity index (χ0v) is 53.1. The molecule has 0 radical (unpaired) electrons. The minimum atomic E-state index is -0.0883. The van der Waals surface area contributed by atoms with Gasteiger partial charge in [-0.1, -0.05) is 318 Å². The van der Waals surface area contributed by atoms with Gasteiger partial charge in [0.15, 0.2) is 0 Å². The zero-order valence-electron chi connectivity index (χ0n) is 53.1. The van der Waals surface area contributed by atoms with Crippen molar-refractivity contribution in [1.29, 1.82) is 0 Å². The van der Waals surface area contributed by atoms with Gasteiger partial charge in [-0.2, -0.15) is 0 Å². The van der Waals surface area contributed by atoms with Crippen molar-refractivity contribution >= 4 is 0 Å². The van der Waals surface area contributed by atoms with Gasteiger partial charge >= 0.3 is 0 Å². The highest BCUT2D eigenvalue weighted by Gasteiger charge is 2.23. The SMILES string of the molecule is CC1(C)c2ccc(cc2)OCCCCCCCCCCCCCCCCCCCCCCCC#Cc2ccc(cc2)C#CC#Cc2ccc(cc2)C#CCCCCCCCCCCCCCCCCCCCCCCCOc2ccc1cc2. The van der Waals surface area contributed by atoms with Crippen molar-refractivity contribution < 1.29 is 9.47 Å². The quantitative estimate of drug-likeness (QED) is 0.163. The Kier molecular flexibility index (Phi) is 38.8. The highest BCUT2D eigenvalue weighted by Crippen LogP contribution is 2.34. The van der Waals surface area contributed by atoms with Gasteiger partial charge in [-0.25, -0.2) is 0 Å². The molecule has 4 aromatic carbocycles.